The molecule has 0 atom stereocenters. The standard InChI is InChI=1S/C27H29N5O2/c1-19-24(27(33)32-15-13-22(14-16-32)21-11-7-4-8-12-21)25(30-34-19)23-18-29-31(2)26(23)28-17-20-9-5-3-6-10-20/h3-12,18,22,28H,13-17H2,1-2H3. The highest BCUT2D eigenvalue weighted by molar-refractivity contribution is 6.01. The van der Waals surface area contributed by atoms with E-state index in [0.29, 0.717) is 42.6 Å². The second kappa shape index (κ2) is 9.55. The Labute approximate surface area is 199 Å². The number of hydrogen-bond acceptors (Lipinski definition) is 5. The van der Waals surface area contributed by atoms with Gasteiger partial charge in [0.05, 0.1) is 11.8 Å². The predicted octanol–water partition coefficient (Wildman–Crippen LogP) is 5.02. The Balaban J connectivity index is 1.35. The predicted molar refractivity (Wildman–Crippen MR) is 132 cm³/mol. The molecule has 4 aromatic rings. The number of hydrogen-bond donors (Lipinski definition) is 1. The summed E-state index contributed by atoms with van der Waals surface area (Å²) in [6, 6.07) is 20.7. The Morgan fingerprint density at radius 1 is 1.06 bits per heavy atom. The van der Waals surface area contributed by atoms with Gasteiger partial charge in [-0.1, -0.05) is 65.8 Å². The van der Waals surface area contributed by atoms with Gasteiger partial charge >= 0.3 is 0 Å². The number of amides is 1. The van der Waals surface area contributed by atoms with Crippen molar-refractivity contribution in [3.05, 3.63) is 89.3 Å². The maximum atomic E-state index is 13.6. The molecule has 0 unspecified atom stereocenters. The number of aryl methyl sites for hydroxylation is 2. The molecule has 5 rings (SSSR count). The van der Waals surface area contributed by atoms with Gasteiger partial charge in [-0.3, -0.25) is 9.48 Å². The maximum absolute atomic E-state index is 13.6. The Hall–Kier alpha value is -3.87. The van der Waals surface area contributed by atoms with Crippen LogP contribution in [0.25, 0.3) is 11.3 Å². The first-order valence-electron chi connectivity index (χ1n) is 11.7. The number of likely N-dealkylation sites (tertiary alicyclic amines) is 1. The van der Waals surface area contributed by atoms with Gasteiger partial charge in [-0.05, 0) is 36.8 Å². The number of anilines is 1. The van der Waals surface area contributed by atoms with Crippen molar-refractivity contribution < 1.29 is 9.32 Å². The average molecular weight is 456 g/mol. The molecular formula is C27H29N5O2. The lowest BCUT2D eigenvalue weighted by molar-refractivity contribution is 0.0712. The van der Waals surface area contributed by atoms with E-state index in [4.69, 9.17) is 4.52 Å². The van der Waals surface area contributed by atoms with Crippen LogP contribution in [-0.4, -0.2) is 38.8 Å². The number of aromatic nitrogens is 3. The molecule has 34 heavy (non-hydrogen) atoms. The van der Waals surface area contributed by atoms with Crippen molar-refractivity contribution >= 4 is 11.7 Å². The molecule has 0 spiro atoms. The van der Waals surface area contributed by atoms with Gasteiger partial charge in [0.25, 0.3) is 5.91 Å². The number of carbonyl (C=O) groups excluding carboxylic acids is 1. The van der Waals surface area contributed by atoms with Crippen LogP contribution >= 0.6 is 0 Å². The zero-order chi connectivity index (χ0) is 23.5. The van der Waals surface area contributed by atoms with Crippen molar-refractivity contribution in [2.75, 3.05) is 18.4 Å². The maximum Gasteiger partial charge on any atom is 0.259 e. The first kappa shape index (κ1) is 21.9. The van der Waals surface area contributed by atoms with Crippen molar-refractivity contribution in [1.29, 1.82) is 0 Å². The Morgan fingerprint density at radius 2 is 1.74 bits per heavy atom. The van der Waals surface area contributed by atoms with Crippen LogP contribution < -0.4 is 5.32 Å². The number of nitrogens with one attached hydrogen (secondary N) is 1. The molecule has 0 radical (unpaired) electrons. The molecule has 1 saturated heterocycles. The summed E-state index contributed by atoms with van der Waals surface area (Å²) in [5.41, 5.74) is 4.33. The summed E-state index contributed by atoms with van der Waals surface area (Å²) in [6.45, 7) is 3.87. The molecule has 1 aliphatic heterocycles. The van der Waals surface area contributed by atoms with E-state index in [1.54, 1.807) is 17.8 Å². The van der Waals surface area contributed by atoms with E-state index in [1.807, 2.05) is 36.2 Å². The molecule has 1 fully saturated rings. The summed E-state index contributed by atoms with van der Waals surface area (Å²) >= 11 is 0. The fourth-order valence-electron chi connectivity index (χ4n) is 4.71. The van der Waals surface area contributed by atoms with Crippen LogP contribution in [0.1, 0.15) is 46.0 Å². The highest BCUT2D eigenvalue weighted by Crippen LogP contribution is 2.34. The molecule has 2 aromatic carbocycles. The Bertz CT molecular complexity index is 1250. The summed E-state index contributed by atoms with van der Waals surface area (Å²) in [7, 11) is 1.87. The summed E-state index contributed by atoms with van der Waals surface area (Å²) in [5.74, 6) is 1.79. The molecule has 1 amide bonds. The molecule has 3 heterocycles. The van der Waals surface area contributed by atoms with Gasteiger partial charge in [0, 0.05) is 26.7 Å². The zero-order valence-corrected chi connectivity index (χ0v) is 19.6. The first-order valence-corrected chi connectivity index (χ1v) is 11.7. The number of piperidine rings is 1. The van der Waals surface area contributed by atoms with Crippen LogP contribution in [0.5, 0.6) is 0 Å². The number of benzene rings is 2. The van der Waals surface area contributed by atoms with Gasteiger partial charge < -0.3 is 14.7 Å². The van der Waals surface area contributed by atoms with Crippen molar-refractivity contribution in [2.45, 2.75) is 32.2 Å². The minimum absolute atomic E-state index is 0.0295. The van der Waals surface area contributed by atoms with Crippen molar-refractivity contribution in [2.24, 2.45) is 7.05 Å². The Morgan fingerprint density at radius 3 is 2.44 bits per heavy atom. The fraction of sp³-hybridized carbons (Fsp3) is 0.296. The van der Waals surface area contributed by atoms with Gasteiger partial charge in [-0.2, -0.15) is 5.10 Å². The molecule has 2 aromatic heterocycles. The van der Waals surface area contributed by atoms with Gasteiger partial charge in [-0.15, -0.1) is 0 Å². The lowest BCUT2D eigenvalue weighted by atomic mass is 9.89. The quantitative estimate of drug-likeness (QED) is 0.442. The first-order chi connectivity index (χ1) is 16.6. The number of carbonyl (C=O) groups is 1. The normalized spacial score (nSPS) is 14.4. The summed E-state index contributed by atoms with van der Waals surface area (Å²) < 4.78 is 7.28. The molecule has 1 aliphatic rings. The highest BCUT2D eigenvalue weighted by atomic mass is 16.5. The van der Waals surface area contributed by atoms with Crippen LogP contribution in [0, 0.1) is 6.92 Å². The van der Waals surface area contributed by atoms with E-state index < -0.39 is 0 Å². The van der Waals surface area contributed by atoms with Crippen molar-refractivity contribution in [1.82, 2.24) is 19.8 Å². The minimum Gasteiger partial charge on any atom is -0.366 e. The second-order valence-corrected chi connectivity index (χ2v) is 8.81. The van der Waals surface area contributed by atoms with E-state index >= 15 is 0 Å². The minimum atomic E-state index is -0.0295. The van der Waals surface area contributed by atoms with E-state index in [2.05, 4.69) is 52.0 Å². The zero-order valence-electron chi connectivity index (χ0n) is 19.6. The van der Waals surface area contributed by atoms with E-state index in [-0.39, 0.29) is 5.91 Å². The topological polar surface area (TPSA) is 76.2 Å². The summed E-state index contributed by atoms with van der Waals surface area (Å²) in [4.78, 5) is 15.5. The molecule has 7 heteroatoms. The highest BCUT2D eigenvalue weighted by Gasteiger charge is 2.31. The molecule has 174 valence electrons. The van der Waals surface area contributed by atoms with Gasteiger partial charge in [0.2, 0.25) is 0 Å². The van der Waals surface area contributed by atoms with Crippen LogP contribution in [0.4, 0.5) is 5.82 Å². The molecular weight excluding hydrogens is 426 g/mol. The van der Waals surface area contributed by atoms with E-state index in [0.717, 1.165) is 29.8 Å². The second-order valence-electron chi connectivity index (χ2n) is 8.81. The Kier molecular flexibility index (Phi) is 6.16. The van der Waals surface area contributed by atoms with Crippen molar-refractivity contribution in [3.8, 4) is 11.3 Å². The fourth-order valence-corrected chi connectivity index (χ4v) is 4.71. The van der Waals surface area contributed by atoms with Gasteiger partial charge in [0.1, 0.15) is 22.8 Å². The summed E-state index contributed by atoms with van der Waals surface area (Å²) in [5, 5.41) is 12.1. The average Bonchev–Trinajstić information content (AvgIpc) is 3.45. The SMILES string of the molecule is Cc1onc(-c2cnn(C)c2NCc2ccccc2)c1C(=O)N1CCC(c2ccccc2)CC1. The van der Waals surface area contributed by atoms with Crippen LogP contribution in [0.15, 0.2) is 71.4 Å². The lowest BCUT2D eigenvalue weighted by Crippen LogP contribution is -2.38. The largest absolute Gasteiger partial charge is 0.366 e. The van der Waals surface area contributed by atoms with E-state index in [9.17, 15) is 4.79 Å². The van der Waals surface area contributed by atoms with Gasteiger partial charge in [0.15, 0.2) is 0 Å². The summed E-state index contributed by atoms with van der Waals surface area (Å²) in [6.07, 6.45) is 3.64. The molecule has 1 N–H and O–H groups in total. The third-order valence-corrected chi connectivity index (χ3v) is 6.63. The lowest BCUT2D eigenvalue weighted by Gasteiger charge is -2.32. The van der Waals surface area contributed by atoms with Crippen molar-refractivity contribution in [3.63, 3.8) is 0 Å². The third-order valence-electron chi connectivity index (χ3n) is 6.63. The monoisotopic (exact) mass is 455 g/mol. The van der Waals surface area contributed by atoms with E-state index in [1.165, 1.54) is 5.56 Å². The number of nitrogens with zero attached hydrogens (tertiary/aromatic N) is 4. The molecule has 0 bridgehead atoms. The van der Waals surface area contributed by atoms with Gasteiger partial charge in [-0.25, -0.2) is 0 Å². The van der Waals surface area contributed by atoms with Crippen LogP contribution in [-0.2, 0) is 13.6 Å². The molecule has 0 saturated carbocycles. The van der Waals surface area contributed by atoms with Crippen LogP contribution in [0.3, 0.4) is 0 Å². The number of rotatable bonds is 6. The third kappa shape index (κ3) is 4.33. The van der Waals surface area contributed by atoms with Crippen LogP contribution in [0.2, 0.25) is 0 Å². The smallest absolute Gasteiger partial charge is 0.259 e. The molecule has 7 nitrogen and oxygen atoms in total. The molecule has 0 aliphatic carbocycles.